The number of piperidine rings is 1. The van der Waals surface area contributed by atoms with Gasteiger partial charge in [0.1, 0.15) is 11.6 Å². The normalized spacial score (nSPS) is 18.8. The van der Waals surface area contributed by atoms with Crippen molar-refractivity contribution in [2.24, 2.45) is 5.92 Å². The number of hydrogen-bond donors (Lipinski definition) is 1. The third-order valence-corrected chi connectivity index (χ3v) is 6.06. The highest BCUT2D eigenvalue weighted by Gasteiger charge is 2.32. The van der Waals surface area contributed by atoms with Crippen LogP contribution in [-0.2, 0) is 11.3 Å². The number of aryl methyl sites for hydroxylation is 1. The highest BCUT2D eigenvalue weighted by atomic mass is 19.1. The molecule has 0 spiro atoms. The van der Waals surface area contributed by atoms with E-state index >= 15 is 0 Å². The summed E-state index contributed by atoms with van der Waals surface area (Å²) in [5.41, 5.74) is 4.13. The number of anilines is 1. The quantitative estimate of drug-likeness (QED) is 0.568. The van der Waals surface area contributed by atoms with E-state index in [0.717, 1.165) is 30.0 Å². The highest BCUT2D eigenvalue weighted by Crippen LogP contribution is 2.32. The number of rotatable bonds is 6. The number of ether oxygens (including phenoxy) is 1. The van der Waals surface area contributed by atoms with Crippen LogP contribution in [0.1, 0.15) is 29.0 Å². The van der Waals surface area contributed by atoms with Gasteiger partial charge in [0.25, 0.3) is 0 Å². The van der Waals surface area contributed by atoms with Crippen molar-refractivity contribution in [1.82, 2.24) is 4.90 Å². The first-order valence-corrected chi connectivity index (χ1v) is 11.0. The van der Waals surface area contributed by atoms with Gasteiger partial charge in [-0.25, -0.2) is 4.39 Å². The van der Waals surface area contributed by atoms with Crippen LogP contribution in [0, 0.1) is 18.7 Å². The molecule has 32 heavy (non-hydrogen) atoms. The van der Waals surface area contributed by atoms with Crippen LogP contribution in [0.15, 0.2) is 72.8 Å². The van der Waals surface area contributed by atoms with Gasteiger partial charge in [-0.1, -0.05) is 42.0 Å². The number of carbonyl (C=O) groups excluding carboxylic acids is 1. The molecule has 0 saturated carbocycles. The molecule has 1 aliphatic heterocycles. The molecule has 4 rings (SSSR count). The molecule has 1 amide bonds. The molecule has 1 N–H and O–H groups in total. The van der Waals surface area contributed by atoms with E-state index in [0.29, 0.717) is 13.1 Å². The summed E-state index contributed by atoms with van der Waals surface area (Å²) in [4.78, 5) is 15.5. The lowest BCUT2D eigenvalue weighted by molar-refractivity contribution is -0.121. The van der Waals surface area contributed by atoms with Crippen LogP contribution in [0.3, 0.4) is 0 Å². The van der Waals surface area contributed by atoms with Crippen molar-refractivity contribution in [1.29, 1.82) is 0 Å². The third kappa shape index (κ3) is 5.54. The van der Waals surface area contributed by atoms with Gasteiger partial charge >= 0.3 is 0 Å². The molecule has 0 aliphatic carbocycles. The Morgan fingerprint density at radius 2 is 1.84 bits per heavy atom. The van der Waals surface area contributed by atoms with Gasteiger partial charge in [-0.05, 0) is 66.8 Å². The van der Waals surface area contributed by atoms with E-state index in [9.17, 15) is 9.18 Å². The van der Waals surface area contributed by atoms with Crippen LogP contribution in [0.4, 0.5) is 10.1 Å². The summed E-state index contributed by atoms with van der Waals surface area (Å²) < 4.78 is 18.9. The zero-order valence-corrected chi connectivity index (χ0v) is 18.6. The van der Waals surface area contributed by atoms with E-state index in [4.69, 9.17) is 4.74 Å². The van der Waals surface area contributed by atoms with Gasteiger partial charge in [-0.15, -0.1) is 0 Å². The maximum atomic E-state index is 13.7. The number of hydrogen-bond acceptors (Lipinski definition) is 3. The molecular weight excluding hydrogens is 403 g/mol. The summed E-state index contributed by atoms with van der Waals surface area (Å²) in [6.07, 6.45) is 0.783. The van der Waals surface area contributed by atoms with Gasteiger partial charge in [0.15, 0.2) is 0 Å². The van der Waals surface area contributed by atoms with Gasteiger partial charge in [-0.2, -0.15) is 0 Å². The van der Waals surface area contributed by atoms with E-state index in [2.05, 4.69) is 41.4 Å². The molecule has 3 aromatic carbocycles. The Bertz CT molecular complexity index is 1070. The van der Waals surface area contributed by atoms with Crippen LogP contribution in [0.25, 0.3) is 0 Å². The Balaban J connectivity index is 1.53. The summed E-state index contributed by atoms with van der Waals surface area (Å²) in [6, 6.07) is 22.6. The van der Waals surface area contributed by atoms with Crippen LogP contribution in [0.5, 0.6) is 5.75 Å². The average Bonchev–Trinajstić information content (AvgIpc) is 2.79. The van der Waals surface area contributed by atoms with Crippen molar-refractivity contribution < 1.29 is 13.9 Å². The van der Waals surface area contributed by atoms with Crippen molar-refractivity contribution in [3.05, 3.63) is 95.3 Å². The first-order valence-electron chi connectivity index (χ1n) is 11.0. The SMILES string of the molecule is COc1ccc(NC(=O)[C@H]2C[C@@H](c3cccc(C)c3)CN(Cc3cccc(F)c3)C2)cc1. The number of nitrogens with zero attached hydrogens (tertiary/aromatic N) is 1. The number of halogens is 1. The van der Waals surface area contributed by atoms with Gasteiger partial charge in [0.2, 0.25) is 5.91 Å². The fourth-order valence-electron chi connectivity index (χ4n) is 4.49. The number of amides is 1. The molecule has 0 bridgehead atoms. The first kappa shape index (κ1) is 22.0. The van der Waals surface area contributed by atoms with E-state index in [1.54, 1.807) is 19.2 Å². The third-order valence-electron chi connectivity index (χ3n) is 6.06. The number of likely N-dealkylation sites (tertiary alicyclic amines) is 1. The topological polar surface area (TPSA) is 41.6 Å². The van der Waals surface area contributed by atoms with Crippen molar-refractivity contribution in [2.45, 2.75) is 25.8 Å². The van der Waals surface area contributed by atoms with Gasteiger partial charge < -0.3 is 10.1 Å². The minimum Gasteiger partial charge on any atom is -0.497 e. The Kier molecular flexibility index (Phi) is 6.86. The number of nitrogens with one attached hydrogen (secondary N) is 1. The van der Waals surface area contributed by atoms with Crippen LogP contribution >= 0.6 is 0 Å². The predicted octanol–water partition coefficient (Wildman–Crippen LogP) is 5.39. The van der Waals surface area contributed by atoms with Gasteiger partial charge in [-0.3, -0.25) is 9.69 Å². The minimum atomic E-state index is -0.233. The zero-order chi connectivity index (χ0) is 22.5. The number of methoxy groups -OCH3 is 1. The molecule has 0 radical (unpaired) electrons. The van der Waals surface area contributed by atoms with E-state index in [-0.39, 0.29) is 23.6 Å². The molecular formula is C27H29FN2O2. The summed E-state index contributed by atoms with van der Waals surface area (Å²) >= 11 is 0. The van der Waals surface area contributed by atoms with Gasteiger partial charge in [0, 0.05) is 25.3 Å². The monoisotopic (exact) mass is 432 g/mol. The van der Waals surface area contributed by atoms with Crippen molar-refractivity contribution >= 4 is 11.6 Å². The van der Waals surface area contributed by atoms with Crippen molar-refractivity contribution in [3.8, 4) is 5.75 Å². The Labute approximate surface area is 189 Å². The molecule has 3 aromatic rings. The minimum absolute atomic E-state index is 0.0109. The van der Waals surface area contributed by atoms with Crippen molar-refractivity contribution in [2.75, 3.05) is 25.5 Å². The molecule has 166 valence electrons. The van der Waals surface area contributed by atoms with E-state index < -0.39 is 0 Å². The lowest BCUT2D eigenvalue weighted by atomic mass is 9.83. The Morgan fingerprint density at radius 3 is 2.56 bits per heavy atom. The molecule has 4 nitrogen and oxygen atoms in total. The smallest absolute Gasteiger partial charge is 0.228 e. The molecule has 0 aromatic heterocycles. The maximum Gasteiger partial charge on any atom is 0.228 e. The number of benzene rings is 3. The zero-order valence-electron chi connectivity index (χ0n) is 18.6. The number of carbonyl (C=O) groups is 1. The largest absolute Gasteiger partial charge is 0.497 e. The molecule has 5 heteroatoms. The molecule has 1 aliphatic rings. The molecule has 0 unspecified atom stereocenters. The summed E-state index contributed by atoms with van der Waals surface area (Å²) in [5.74, 6) is 0.607. The average molecular weight is 433 g/mol. The fourth-order valence-corrected chi connectivity index (χ4v) is 4.49. The van der Waals surface area contributed by atoms with Crippen LogP contribution < -0.4 is 10.1 Å². The van der Waals surface area contributed by atoms with Crippen LogP contribution in [-0.4, -0.2) is 31.0 Å². The maximum absolute atomic E-state index is 13.7. The summed E-state index contributed by atoms with van der Waals surface area (Å²) in [6.45, 7) is 4.18. The fraction of sp³-hybridized carbons (Fsp3) is 0.296. The second-order valence-electron chi connectivity index (χ2n) is 8.59. The molecule has 1 fully saturated rings. The van der Waals surface area contributed by atoms with Gasteiger partial charge in [0.05, 0.1) is 13.0 Å². The molecule has 1 saturated heterocycles. The van der Waals surface area contributed by atoms with Crippen LogP contribution in [0.2, 0.25) is 0 Å². The Hall–Kier alpha value is -3.18. The second-order valence-corrected chi connectivity index (χ2v) is 8.59. The van der Waals surface area contributed by atoms with Crippen molar-refractivity contribution in [3.63, 3.8) is 0 Å². The lowest BCUT2D eigenvalue weighted by Crippen LogP contribution is -2.43. The standard InChI is InChI=1S/C27H29FN2O2/c1-19-5-3-7-21(13-19)22-15-23(27(31)29-25-9-11-26(32-2)12-10-25)18-30(17-22)16-20-6-4-8-24(28)14-20/h3-14,22-23H,15-18H2,1-2H3,(H,29,31)/t22-,23+/m1/s1. The predicted molar refractivity (Wildman–Crippen MR) is 125 cm³/mol. The van der Waals surface area contributed by atoms with E-state index in [1.807, 2.05) is 30.3 Å². The summed E-state index contributed by atoms with van der Waals surface area (Å²) in [7, 11) is 1.62. The summed E-state index contributed by atoms with van der Waals surface area (Å²) in [5, 5.41) is 3.06. The molecule has 2 atom stereocenters. The Morgan fingerprint density at radius 1 is 1.06 bits per heavy atom. The second kappa shape index (κ2) is 9.96. The molecule has 1 heterocycles. The first-order chi connectivity index (χ1) is 15.5. The highest BCUT2D eigenvalue weighted by molar-refractivity contribution is 5.92. The van der Waals surface area contributed by atoms with E-state index in [1.165, 1.54) is 17.2 Å². The lowest BCUT2D eigenvalue weighted by Gasteiger charge is -2.37.